The van der Waals surface area contributed by atoms with Crippen molar-refractivity contribution in [2.75, 3.05) is 32.0 Å². The second kappa shape index (κ2) is 7.87. The molecule has 144 valence electrons. The molecule has 27 heavy (non-hydrogen) atoms. The molecular formula is C21H25ClFN3O. The minimum atomic E-state index is -0.303. The van der Waals surface area contributed by atoms with Crippen molar-refractivity contribution in [1.29, 1.82) is 0 Å². The van der Waals surface area contributed by atoms with Gasteiger partial charge in [-0.15, -0.1) is 12.4 Å². The Morgan fingerprint density at radius 3 is 2.48 bits per heavy atom. The number of urea groups is 1. The van der Waals surface area contributed by atoms with Crippen molar-refractivity contribution in [3.63, 3.8) is 0 Å². The fraction of sp³-hybridized carbons (Fsp3) is 0.381. The summed E-state index contributed by atoms with van der Waals surface area (Å²) < 4.78 is 13.0. The molecule has 0 bridgehead atoms. The predicted molar refractivity (Wildman–Crippen MR) is 108 cm³/mol. The number of nitrogens with one attached hydrogen (secondary N) is 1. The van der Waals surface area contributed by atoms with Crippen LogP contribution in [0.3, 0.4) is 0 Å². The normalized spacial score (nSPS) is 24.4. The molecule has 0 radical (unpaired) electrons. The number of hydrogen-bond acceptors (Lipinski definition) is 2. The standard InChI is InChI=1S/C21H24FN3O.ClH/c1-14-5-3-4-6-18(14)20-19-13-25(12-15(19)11-24(20)2)21(26)23-17-9-7-16(22)8-10-17;/h3-10,15,19-20H,11-13H2,1-2H3,(H,23,26);1H/t15-,19+,20-;/m0./s1. The first-order valence-corrected chi connectivity index (χ1v) is 9.10. The number of fused-ring (bicyclic) bond motifs is 1. The zero-order chi connectivity index (χ0) is 18.3. The second-order valence-corrected chi connectivity index (χ2v) is 7.51. The zero-order valence-electron chi connectivity index (χ0n) is 15.6. The first-order valence-electron chi connectivity index (χ1n) is 9.10. The minimum Gasteiger partial charge on any atom is -0.324 e. The molecule has 2 fully saturated rings. The molecule has 0 unspecified atom stereocenters. The van der Waals surface area contributed by atoms with Gasteiger partial charge in [-0.2, -0.15) is 0 Å². The van der Waals surface area contributed by atoms with E-state index >= 15 is 0 Å². The first kappa shape index (κ1) is 19.6. The number of aryl methyl sites for hydroxylation is 1. The Balaban J connectivity index is 0.00000210. The highest BCUT2D eigenvalue weighted by molar-refractivity contribution is 5.89. The Morgan fingerprint density at radius 1 is 1.07 bits per heavy atom. The van der Waals surface area contributed by atoms with E-state index in [0.29, 0.717) is 23.6 Å². The van der Waals surface area contributed by atoms with Crippen LogP contribution in [0.15, 0.2) is 48.5 Å². The molecule has 2 heterocycles. The van der Waals surface area contributed by atoms with Gasteiger partial charge in [-0.1, -0.05) is 24.3 Å². The zero-order valence-corrected chi connectivity index (χ0v) is 16.4. The molecule has 0 saturated carbocycles. The number of halogens is 2. The molecule has 2 saturated heterocycles. The summed E-state index contributed by atoms with van der Waals surface area (Å²) in [5, 5.41) is 2.88. The van der Waals surface area contributed by atoms with E-state index in [0.717, 1.165) is 19.6 Å². The van der Waals surface area contributed by atoms with Gasteiger partial charge in [-0.05, 0) is 55.3 Å². The number of benzene rings is 2. The lowest BCUT2D eigenvalue weighted by atomic mass is 9.88. The third-order valence-electron chi connectivity index (χ3n) is 5.78. The Kier molecular flexibility index (Phi) is 5.72. The maximum absolute atomic E-state index is 13.0. The van der Waals surface area contributed by atoms with Crippen molar-refractivity contribution in [1.82, 2.24) is 9.80 Å². The minimum absolute atomic E-state index is 0. The number of carbonyl (C=O) groups excluding carboxylic acids is 1. The van der Waals surface area contributed by atoms with E-state index in [2.05, 4.69) is 48.5 Å². The molecule has 2 aromatic rings. The van der Waals surface area contributed by atoms with E-state index in [9.17, 15) is 9.18 Å². The average molecular weight is 390 g/mol. The first-order chi connectivity index (χ1) is 12.5. The van der Waals surface area contributed by atoms with Gasteiger partial charge in [-0.25, -0.2) is 9.18 Å². The lowest BCUT2D eigenvalue weighted by Crippen LogP contribution is -2.36. The SMILES string of the molecule is Cc1ccccc1[C@H]1[C@@H]2CN(C(=O)Nc3ccc(F)cc3)C[C@@H]2CN1C.Cl. The van der Waals surface area contributed by atoms with E-state index in [-0.39, 0.29) is 24.3 Å². The number of hydrogen-bond donors (Lipinski definition) is 1. The van der Waals surface area contributed by atoms with Crippen LogP contribution in [0.1, 0.15) is 17.2 Å². The highest BCUT2D eigenvalue weighted by atomic mass is 35.5. The Hall–Kier alpha value is -2.11. The molecular weight excluding hydrogens is 365 g/mol. The van der Waals surface area contributed by atoms with Crippen molar-refractivity contribution in [3.8, 4) is 0 Å². The molecule has 2 aromatic carbocycles. The fourth-order valence-electron chi connectivity index (χ4n) is 4.55. The monoisotopic (exact) mass is 389 g/mol. The van der Waals surface area contributed by atoms with Crippen LogP contribution in [0.4, 0.5) is 14.9 Å². The molecule has 3 atom stereocenters. The van der Waals surface area contributed by atoms with Crippen molar-refractivity contribution >= 4 is 24.1 Å². The van der Waals surface area contributed by atoms with Gasteiger partial charge >= 0.3 is 6.03 Å². The van der Waals surface area contributed by atoms with Gasteiger partial charge in [0.2, 0.25) is 0 Å². The van der Waals surface area contributed by atoms with Crippen molar-refractivity contribution < 1.29 is 9.18 Å². The number of carbonyl (C=O) groups is 1. The van der Waals surface area contributed by atoms with E-state index in [4.69, 9.17) is 0 Å². The van der Waals surface area contributed by atoms with Crippen LogP contribution in [0.25, 0.3) is 0 Å². The number of anilines is 1. The summed E-state index contributed by atoms with van der Waals surface area (Å²) in [6.07, 6.45) is 0. The van der Waals surface area contributed by atoms with E-state index in [1.54, 1.807) is 12.1 Å². The van der Waals surface area contributed by atoms with Gasteiger partial charge in [0.15, 0.2) is 0 Å². The van der Waals surface area contributed by atoms with Crippen LogP contribution < -0.4 is 5.32 Å². The van der Waals surface area contributed by atoms with Crippen LogP contribution in [0.2, 0.25) is 0 Å². The summed E-state index contributed by atoms with van der Waals surface area (Å²) in [7, 11) is 2.18. The summed E-state index contributed by atoms with van der Waals surface area (Å²) in [6.45, 7) is 4.68. The van der Waals surface area contributed by atoms with Crippen LogP contribution in [0.5, 0.6) is 0 Å². The average Bonchev–Trinajstić information content (AvgIpc) is 3.15. The largest absolute Gasteiger partial charge is 0.324 e. The van der Waals surface area contributed by atoms with Gasteiger partial charge in [0.05, 0.1) is 0 Å². The van der Waals surface area contributed by atoms with Crippen molar-refractivity contribution in [2.45, 2.75) is 13.0 Å². The highest BCUT2D eigenvalue weighted by Gasteiger charge is 2.47. The Bertz CT molecular complexity index is 813. The summed E-state index contributed by atoms with van der Waals surface area (Å²) in [4.78, 5) is 17.0. The Morgan fingerprint density at radius 2 is 1.78 bits per heavy atom. The van der Waals surface area contributed by atoms with Crippen molar-refractivity contribution in [3.05, 3.63) is 65.5 Å². The maximum atomic E-state index is 13.0. The highest BCUT2D eigenvalue weighted by Crippen LogP contribution is 2.44. The number of likely N-dealkylation sites (tertiary alicyclic amines) is 2. The number of nitrogens with zero attached hydrogens (tertiary/aromatic N) is 2. The molecule has 0 spiro atoms. The molecule has 0 aliphatic carbocycles. The molecule has 2 aliphatic rings. The van der Waals surface area contributed by atoms with Crippen LogP contribution in [-0.2, 0) is 0 Å². The number of amides is 2. The van der Waals surface area contributed by atoms with Crippen LogP contribution in [0, 0.1) is 24.6 Å². The van der Waals surface area contributed by atoms with Gasteiger partial charge in [0.1, 0.15) is 5.82 Å². The second-order valence-electron chi connectivity index (χ2n) is 7.51. The summed E-state index contributed by atoms with van der Waals surface area (Å²) in [5.74, 6) is 0.631. The van der Waals surface area contributed by atoms with Gasteiger partial charge in [0.25, 0.3) is 0 Å². The lowest BCUT2D eigenvalue weighted by molar-refractivity contribution is 0.205. The van der Waals surface area contributed by atoms with Gasteiger partial charge in [-0.3, -0.25) is 4.90 Å². The predicted octanol–water partition coefficient (Wildman–Crippen LogP) is 4.32. The van der Waals surface area contributed by atoms with E-state index in [1.807, 2.05) is 4.90 Å². The topological polar surface area (TPSA) is 35.6 Å². The van der Waals surface area contributed by atoms with Gasteiger partial charge < -0.3 is 10.2 Å². The quantitative estimate of drug-likeness (QED) is 0.830. The number of rotatable bonds is 2. The van der Waals surface area contributed by atoms with Crippen LogP contribution in [-0.4, -0.2) is 42.5 Å². The molecule has 4 rings (SSSR count). The summed E-state index contributed by atoms with van der Waals surface area (Å²) in [6, 6.07) is 14.7. The molecule has 4 nitrogen and oxygen atoms in total. The molecule has 2 aliphatic heterocycles. The lowest BCUT2D eigenvalue weighted by Gasteiger charge is -2.28. The summed E-state index contributed by atoms with van der Waals surface area (Å²) in [5.41, 5.74) is 3.29. The molecule has 6 heteroatoms. The molecule has 0 aromatic heterocycles. The van der Waals surface area contributed by atoms with E-state index < -0.39 is 0 Å². The maximum Gasteiger partial charge on any atom is 0.321 e. The molecule has 1 N–H and O–H groups in total. The third kappa shape index (κ3) is 3.80. The molecule has 2 amide bonds. The smallest absolute Gasteiger partial charge is 0.321 e. The fourth-order valence-corrected chi connectivity index (χ4v) is 4.55. The van der Waals surface area contributed by atoms with E-state index in [1.165, 1.54) is 23.3 Å². The summed E-state index contributed by atoms with van der Waals surface area (Å²) >= 11 is 0. The van der Waals surface area contributed by atoms with Crippen molar-refractivity contribution in [2.24, 2.45) is 11.8 Å². The Labute approximate surface area is 165 Å². The third-order valence-corrected chi connectivity index (χ3v) is 5.78. The van der Waals surface area contributed by atoms with Gasteiger partial charge in [0, 0.05) is 37.3 Å². The van der Waals surface area contributed by atoms with Crippen LogP contribution >= 0.6 is 12.4 Å².